The van der Waals surface area contributed by atoms with Crippen LogP contribution in [0.4, 0.5) is 0 Å². The van der Waals surface area contributed by atoms with Crippen LogP contribution in [0.3, 0.4) is 0 Å². The summed E-state index contributed by atoms with van der Waals surface area (Å²) in [7, 11) is 0. The van der Waals surface area contributed by atoms with Gasteiger partial charge in [0.05, 0.1) is 17.0 Å². The molecule has 1 heterocycles. The van der Waals surface area contributed by atoms with Crippen LogP contribution in [-0.4, -0.2) is 16.3 Å². The van der Waals surface area contributed by atoms with Gasteiger partial charge in [0, 0.05) is 6.42 Å². The molecule has 0 saturated carbocycles. The van der Waals surface area contributed by atoms with E-state index in [0.29, 0.717) is 12.2 Å². The monoisotopic (exact) mass is 156 g/mol. The molecule has 1 aliphatic rings. The summed E-state index contributed by atoms with van der Waals surface area (Å²) in [6, 6.07) is 0. The third kappa shape index (κ3) is 2.22. The average Bonchev–Trinajstić information content (AvgIpc) is 1.49. The minimum atomic E-state index is -0.328. The molecule has 0 aliphatic carbocycles. The summed E-state index contributed by atoms with van der Waals surface area (Å²) < 4.78 is 5.70. The quantitative estimate of drug-likeness (QED) is 0.583. The molecule has 0 unspecified atom stereocenters. The van der Waals surface area contributed by atoms with Crippen LogP contribution in [0.15, 0.2) is 11.8 Å². The Morgan fingerprint density at radius 2 is 1.91 bits per heavy atom. The van der Waals surface area contributed by atoms with Gasteiger partial charge >= 0.3 is 0 Å². The first-order chi connectivity index (χ1) is 4.81. The highest BCUT2D eigenvalue weighted by atomic mass is 16.5. The summed E-state index contributed by atoms with van der Waals surface area (Å²) in [6.45, 7) is 7.87. The fourth-order valence-electron chi connectivity index (χ4n) is 1.67. The maximum atomic E-state index is 9.36. The Labute approximate surface area is 67.9 Å². The van der Waals surface area contributed by atoms with E-state index in [9.17, 15) is 5.11 Å². The van der Waals surface area contributed by atoms with Gasteiger partial charge < -0.3 is 9.84 Å². The Hall–Kier alpha value is -0.500. The van der Waals surface area contributed by atoms with E-state index in [1.807, 2.05) is 27.7 Å². The van der Waals surface area contributed by atoms with Crippen molar-refractivity contribution in [3.63, 3.8) is 0 Å². The first kappa shape index (κ1) is 8.60. The van der Waals surface area contributed by atoms with Crippen molar-refractivity contribution in [2.45, 2.75) is 45.3 Å². The number of ether oxygens (including phenoxy) is 1. The molecule has 0 aromatic rings. The molecule has 0 radical (unpaired) electrons. The van der Waals surface area contributed by atoms with Gasteiger partial charge in [-0.05, 0) is 33.8 Å². The molecule has 1 rings (SSSR count). The lowest BCUT2D eigenvalue weighted by Crippen LogP contribution is -2.39. The molecular formula is C9H16O2. The summed E-state index contributed by atoms with van der Waals surface area (Å²) in [5.41, 5.74) is -0.561. The third-order valence-electron chi connectivity index (χ3n) is 1.66. The Bertz CT molecular complexity index is 190. The van der Waals surface area contributed by atoms with Gasteiger partial charge in [0.25, 0.3) is 0 Å². The van der Waals surface area contributed by atoms with Crippen LogP contribution in [0.2, 0.25) is 0 Å². The molecule has 64 valence electrons. The van der Waals surface area contributed by atoms with Crippen molar-refractivity contribution in [2.24, 2.45) is 0 Å². The van der Waals surface area contributed by atoms with Gasteiger partial charge in [-0.2, -0.15) is 0 Å². The van der Waals surface area contributed by atoms with Crippen molar-refractivity contribution < 1.29 is 9.84 Å². The number of rotatable bonds is 0. The van der Waals surface area contributed by atoms with E-state index < -0.39 is 0 Å². The standard InChI is InChI=1S/C9H16O2/c1-8(2)5-7(10)6-9(3,4)11-8/h5,10H,6H2,1-4H3. The molecule has 0 fully saturated rings. The number of aliphatic hydroxyl groups is 1. The van der Waals surface area contributed by atoms with Gasteiger partial charge in [-0.25, -0.2) is 0 Å². The molecule has 0 aromatic heterocycles. The minimum Gasteiger partial charge on any atom is -0.512 e. The first-order valence-electron chi connectivity index (χ1n) is 3.92. The van der Waals surface area contributed by atoms with E-state index in [-0.39, 0.29) is 11.2 Å². The van der Waals surface area contributed by atoms with Crippen LogP contribution < -0.4 is 0 Å². The highest BCUT2D eigenvalue weighted by Crippen LogP contribution is 2.32. The second kappa shape index (κ2) is 2.24. The number of aliphatic hydroxyl groups excluding tert-OH is 1. The summed E-state index contributed by atoms with van der Waals surface area (Å²) >= 11 is 0. The van der Waals surface area contributed by atoms with Crippen molar-refractivity contribution in [1.82, 2.24) is 0 Å². The van der Waals surface area contributed by atoms with Crippen LogP contribution in [-0.2, 0) is 4.74 Å². The van der Waals surface area contributed by atoms with Crippen LogP contribution in [0.25, 0.3) is 0 Å². The Morgan fingerprint density at radius 1 is 1.36 bits per heavy atom. The second-order valence-corrected chi connectivity index (χ2v) is 4.28. The van der Waals surface area contributed by atoms with Gasteiger partial charge in [0.1, 0.15) is 0 Å². The predicted molar refractivity (Wildman–Crippen MR) is 44.6 cm³/mol. The number of hydrogen-bond acceptors (Lipinski definition) is 2. The normalized spacial score (nSPS) is 27.8. The summed E-state index contributed by atoms with van der Waals surface area (Å²) in [4.78, 5) is 0. The molecule has 0 saturated heterocycles. The van der Waals surface area contributed by atoms with Gasteiger partial charge in [-0.1, -0.05) is 0 Å². The van der Waals surface area contributed by atoms with E-state index in [1.54, 1.807) is 6.08 Å². The molecule has 0 aromatic carbocycles. The molecule has 0 atom stereocenters. The van der Waals surface area contributed by atoms with Crippen LogP contribution in [0.1, 0.15) is 34.1 Å². The molecule has 0 amide bonds. The lowest BCUT2D eigenvalue weighted by Gasteiger charge is -2.38. The third-order valence-corrected chi connectivity index (χ3v) is 1.66. The fourth-order valence-corrected chi connectivity index (χ4v) is 1.67. The molecule has 11 heavy (non-hydrogen) atoms. The second-order valence-electron chi connectivity index (χ2n) is 4.28. The van der Waals surface area contributed by atoms with Gasteiger partial charge in [-0.3, -0.25) is 0 Å². The van der Waals surface area contributed by atoms with Crippen molar-refractivity contribution in [2.75, 3.05) is 0 Å². The molecule has 1 aliphatic heterocycles. The molecule has 1 N–H and O–H groups in total. The van der Waals surface area contributed by atoms with E-state index in [0.717, 1.165) is 0 Å². The van der Waals surface area contributed by atoms with Gasteiger partial charge in [-0.15, -0.1) is 0 Å². The van der Waals surface area contributed by atoms with Crippen LogP contribution in [0, 0.1) is 0 Å². The molecule has 2 nitrogen and oxygen atoms in total. The summed E-state index contributed by atoms with van der Waals surface area (Å²) in [5, 5.41) is 9.36. The van der Waals surface area contributed by atoms with Crippen LogP contribution in [0.5, 0.6) is 0 Å². The fraction of sp³-hybridized carbons (Fsp3) is 0.778. The molecule has 2 heteroatoms. The van der Waals surface area contributed by atoms with Crippen molar-refractivity contribution in [1.29, 1.82) is 0 Å². The molecule has 0 spiro atoms. The zero-order valence-electron chi connectivity index (χ0n) is 7.64. The minimum absolute atomic E-state index is 0.234. The van der Waals surface area contributed by atoms with Crippen LogP contribution >= 0.6 is 0 Å². The molecule has 0 bridgehead atoms. The number of hydrogen-bond donors (Lipinski definition) is 1. The zero-order chi connectivity index (χ0) is 8.70. The Balaban J connectivity index is 2.86. The summed E-state index contributed by atoms with van der Waals surface area (Å²) in [6.07, 6.45) is 2.37. The SMILES string of the molecule is CC1(C)C=C(O)CC(C)(C)O1. The topological polar surface area (TPSA) is 29.5 Å². The maximum Gasteiger partial charge on any atom is 0.0939 e. The van der Waals surface area contributed by atoms with Gasteiger partial charge in [0.2, 0.25) is 0 Å². The van der Waals surface area contributed by atoms with E-state index >= 15 is 0 Å². The van der Waals surface area contributed by atoms with Crippen molar-refractivity contribution in [3.8, 4) is 0 Å². The van der Waals surface area contributed by atoms with Crippen molar-refractivity contribution in [3.05, 3.63) is 11.8 Å². The first-order valence-corrected chi connectivity index (χ1v) is 3.92. The molecular weight excluding hydrogens is 140 g/mol. The van der Waals surface area contributed by atoms with Gasteiger partial charge in [0.15, 0.2) is 0 Å². The lowest BCUT2D eigenvalue weighted by atomic mass is 9.94. The smallest absolute Gasteiger partial charge is 0.0939 e. The van der Waals surface area contributed by atoms with E-state index in [4.69, 9.17) is 4.74 Å². The van der Waals surface area contributed by atoms with Crippen molar-refractivity contribution >= 4 is 0 Å². The van der Waals surface area contributed by atoms with E-state index in [1.165, 1.54) is 0 Å². The van der Waals surface area contributed by atoms with E-state index in [2.05, 4.69) is 0 Å². The average molecular weight is 156 g/mol. The predicted octanol–water partition coefficient (Wildman–Crippen LogP) is 2.41. The Morgan fingerprint density at radius 3 is 2.27 bits per heavy atom. The largest absolute Gasteiger partial charge is 0.512 e. The Kier molecular flexibility index (Phi) is 1.75. The zero-order valence-corrected chi connectivity index (χ0v) is 7.64. The lowest BCUT2D eigenvalue weighted by molar-refractivity contribution is -0.113. The highest BCUT2D eigenvalue weighted by molar-refractivity contribution is 5.09. The maximum absolute atomic E-state index is 9.36. The summed E-state index contributed by atoms with van der Waals surface area (Å²) in [5.74, 6) is 0.436. The highest BCUT2D eigenvalue weighted by Gasteiger charge is 2.33.